The lowest BCUT2D eigenvalue weighted by Crippen LogP contribution is -2.73. The summed E-state index contributed by atoms with van der Waals surface area (Å²) in [6, 6.07) is 5.64. The summed E-state index contributed by atoms with van der Waals surface area (Å²) in [4.78, 5) is 14.9. The van der Waals surface area contributed by atoms with Crippen molar-refractivity contribution in [2.24, 2.45) is 5.92 Å². The highest BCUT2D eigenvalue weighted by Crippen LogP contribution is 2.59. The molecule has 1 aliphatic heterocycles. The molecule has 0 spiro atoms. The van der Waals surface area contributed by atoms with Crippen LogP contribution in [0.15, 0.2) is 12.1 Å². The summed E-state index contributed by atoms with van der Waals surface area (Å²) in [6.07, 6.45) is 6.31. The van der Waals surface area contributed by atoms with Gasteiger partial charge in [0.05, 0.1) is 11.2 Å². The second-order valence-electron chi connectivity index (χ2n) is 9.09. The maximum Gasteiger partial charge on any atom is 0.137 e. The minimum absolute atomic E-state index is 0.0141. The molecule has 3 fully saturated rings. The van der Waals surface area contributed by atoms with Gasteiger partial charge in [0.1, 0.15) is 17.6 Å². The van der Waals surface area contributed by atoms with Crippen LogP contribution in [0, 0.1) is 17.2 Å². The maximum atomic E-state index is 12.5. The molecular weight excluding hydrogens is 340 g/mol. The summed E-state index contributed by atoms with van der Waals surface area (Å²) in [7, 11) is 0. The fraction of sp³-hybridized carbons (Fsp3) is 0.636. The molecule has 0 unspecified atom stereocenters. The fourth-order valence-corrected chi connectivity index (χ4v) is 6.32. The predicted octanol–water partition coefficient (Wildman–Crippen LogP) is 2.42. The Labute approximate surface area is 159 Å². The Balaban J connectivity index is 1.66. The van der Waals surface area contributed by atoms with E-state index in [1.54, 1.807) is 6.07 Å². The largest absolute Gasteiger partial charge is 0.506 e. The van der Waals surface area contributed by atoms with Crippen LogP contribution in [0.25, 0.3) is 0 Å². The standard InChI is InChI=1S/C22H26N2O3/c23-12-16-5-4-15-10-18-22(27)7-6-17(25)11-21(22,19(15)20(16)26)8-9-24(18)13-14-2-1-3-14/h4-5,14,18,26-27H,1-3,6-11,13H2/t18-,21-,22-/m1/s1. The van der Waals surface area contributed by atoms with Gasteiger partial charge in [-0.1, -0.05) is 12.5 Å². The van der Waals surface area contributed by atoms with Crippen LogP contribution in [0.3, 0.4) is 0 Å². The minimum atomic E-state index is -1.01. The van der Waals surface area contributed by atoms with Gasteiger partial charge in [-0.25, -0.2) is 0 Å². The van der Waals surface area contributed by atoms with E-state index in [0.717, 1.165) is 24.6 Å². The van der Waals surface area contributed by atoms with Crippen LogP contribution in [-0.4, -0.2) is 45.6 Å². The van der Waals surface area contributed by atoms with Crippen LogP contribution in [0.5, 0.6) is 5.75 Å². The first-order valence-electron chi connectivity index (χ1n) is 10.2. The van der Waals surface area contributed by atoms with Gasteiger partial charge in [0, 0.05) is 36.4 Å². The number of Topliss-reactive ketones (excluding diaryl/α,β-unsaturated/α-hetero) is 1. The summed E-state index contributed by atoms with van der Waals surface area (Å²) < 4.78 is 0. The van der Waals surface area contributed by atoms with Crippen molar-refractivity contribution in [3.8, 4) is 11.8 Å². The zero-order chi connectivity index (χ0) is 18.8. The molecule has 0 amide bonds. The highest BCUT2D eigenvalue weighted by atomic mass is 16.3. The number of hydrogen-bond acceptors (Lipinski definition) is 5. The van der Waals surface area contributed by atoms with Crippen molar-refractivity contribution in [2.45, 2.75) is 68.4 Å². The first-order valence-corrected chi connectivity index (χ1v) is 10.2. The van der Waals surface area contributed by atoms with Crippen molar-refractivity contribution in [2.75, 3.05) is 13.1 Å². The topological polar surface area (TPSA) is 84.6 Å². The number of benzene rings is 1. The quantitative estimate of drug-likeness (QED) is 0.840. The summed E-state index contributed by atoms with van der Waals surface area (Å²) in [5.74, 6) is 0.858. The Morgan fingerprint density at radius 2 is 2.11 bits per heavy atom. The SMILES string of the molecule is N#Cc1ccc2c(c1O)[C@]13CCN(CC4CCC4)[C@H](C2)[C@]1(O)CCC(=O)C3. The number of aromatic hydroxyl groups is 1. The first kappa shape index (κ1) is 17.2. The van der Waals surface area contributed by atoms with Gasteiger partial charge in [-0.2, -0.15) is 5.26 Å². The van der Waals surface area contributed by atoms with Crippen LogP contribution in [0.2, 0.25) is 0 Å². The average Bonchev–Trinajstić information content (AvgIpc) is 2.60. The van der Waals surface area contributed by atoms with Crippen molar-refractivity contribution in [3.63, 3.8) is 0 Å². The van der Waals surface area contributed by atoms with Gasteiger partial charge < -0.3 is 10.2 Å². The molecule has 27 heavy (non-hydrogen) atoms. The Morgan fingerprint density at radius 3 is 2.81 bits per heavy atom. The number of carbonyl (C=O) groups is 1. The monoisotopic (exact) mass is 366 g/mol. The van der Waals surface area contributed by atoms with Crippen molar-refractivity contribution < 1.29 is 15.0 Å². The van der Waals surface area contributed by atoms with E-state index in [2.05, 4.69) is 11.0 Å². The number of aliphatic hydroxyl groups is 1. The van der Waals surface area contributed by atoms with Gasteiger partial charge in [0.2, 0.25) is 0 Å². The molecule has 2 bridgehead atoms. The van der Waals surface area contributed by atoms with Crippen LogP contribution in [0.1, 0.15) is 61.6 Å². The van der Waals surface area contributed by atoms with Crippen molar-refractivity contribution in [1.29, 1.82) is 5.26 Å². The Bertz CT molecular complexity index is 856. The molecule has 5 heteroatoms. The third kappa shape index (κ3) is 2.20. The molecule has 1 aromatic rings. The van der Waals surface area contributed by atoms with Crippen LogP contribution in [-0.2, 0) is 16.6 Å². The number of carbonyl (C=O) groups excluding carboxylic acids is 1. The molecule has 1 saturated heterocycles. The third-order valence-electron chi connectivity index (χ3n) is 7.92. The molecule has 2 N–H and O–H groups in total. The van der Waals surface area contributed by atoms with Crippen LogP contribution >= 0.6 is 0 Å². The molecule has 3 aliphatic carbocycles. The van der Waals surface area contributed by atoms with Gasteiger partial charge >= 0.3 is 0 Å². The molecule has 0 aromatic heterocycles. The van der Waals surface area contributed by atoms with E-state index in [-0.39, 0.29) is 29.6 Å². The number of phenolic OH excluding ortho intramolecular Hbond substituents is 1. The van der Waals surface area contributed by atoms with Gasteiger partial charge in [0.15, 0.2) is 0 Å². The normalized spacial score (nSPS) is 35.7. The molecular formula is C22H26N2O3. The van der Waals surface area contributed by atoms with Gasteiger partial charge in [-0.3, -0.25) is 9.69 Å². The molecule has 3 atom stereocenters. The second kappa shape index (κ2) is 5.80. The number of nitriles is 1. The molecule has 5 rings (SSSR count). The molecule has 142 valence electrons. The second-order valence-corrected chi connectivity index (χ2v) is 9.09. The number of phenols is 1. The highest BCUT2D eigenvalue weighted by molar-refractivity contribution is 5.83. The molecule has 1 aromatic carbocycles. The number of ketones is 1. The fourth-order valence-electron chi connectivity index (χ4n) is 6.32. The summed E-state index contributed by atoms with van der Waals surface area (Å²) >= 11 is 0. The summed E-state index contributed by atoms with van der Waals surface area (Å²) in [5.41, 5.74) is 0.138. The number of rotatable bonds is 2. The van der Waals surface area contributed by atoms with E-state index < -0.39 is 11.0 Å². The van der Waals surface area contributed by atoms with E-state index in [0.29, 0.717) is 31.2 Å². The zero-order valence-corrected chi connectivity index (χ0v) is 15.6. The zero-order valence-electron chi connectivity index (χ0n) is 15.6. The summed E-state index contributed by atoms with van der Waals surface area (Å²) in [5, 5.41) is 32.3. The molecule has 2 saturated carbocycles. The minimum Gasteiger partial charge on any atom is -0.506 e. The molecule has 5 nitrogen and oxygen atoms in total. The van der Waals surface area contributed by atoms with Gasteiger partial charge in [-0.15, -0.1) is 0 Å². The van der Waals surface area contributed by atoms with Crippen molar-refractivity contribution in [3.05, 3.63) is 28.8 Å². The lowest BCUT2D eigenvalue weighted by molar-refractivity contribution is -0.175. The van der Waals surface area contributed by atoms with E-state index in [4.69, 9.17) is 0 Å². The van der Waals surface area contributed by atoms with E-state index in [1.165, 1.54) is 19.3 Å². The smallest absolute Gasteiger partial charge is 0.137 e. The average molecular weight is 366 g/mol. The number of hydrogen-bond donors (Lipinski definition) is 2. The van der Waals surface area contributed by atoms with Crippen LogP contribution in [0.4, 0.5) is 0 Å². The predicted molar refractivity (Wildman–Crippen MR) is 99.3 cm³/mol. The lowest BCUT2D eigenvalue weighted by atomic mass is 9.49. The third-order valence-corrected chi connectivity index (χ3v) is 7.92. The first-order chi connectivity index (χ1) is 13.0. The van der Waals surface area contributed by atoms with Crippen molar-refractivity contribution in [1.82, 2.24) is 4.90 Å². The van der Waals surface area contributed by atoms with E-state index >= 15 is 0 Å². The lowest BCUT2D eigenvalue weighted by Gasteiger charge is -2.63. The highest BCUT2D eigenvalue weighted by Gasteiger charge is 2.65. The van der Waals surface area contributed by atoms with Crippen molar-refractivity contribution >= 4 is 5.78 Å². The van der Waals surface area contributed by atoms with Gasteiger partial charge in [-0.05, 0) is 56.2 Å². The van der Waals surface area contributed by atoms with Gasteiger partial charge in [0.25, 0.3) is 0 Å². The van der Waals surface area contributed by atoms with E-state index in [9.17, 15) is 20.3 Å². The van der Waals surface area contributed by atoms with E-state index in [1.807, 2.05) is 6.07 Å². The van der Waals surface area contributed by atoms with Crippen LogP contribution < -0.4 is 0 Å². The number of fused-ring (bicyclic) bond motifs is 1. The number of likely N-dealkylation sites (tertiary alicyclic amines) is 1. The summed E-state index contributed by atoms with van der Waals surface area (Å²) in [6.45, 7) is 1.86. The molecule has 4 aliphatic rings. The Kier molecular flexibility index (Phi) is 3.70. The molecule has 0 radical (unpaired) electrons. The Hall–Kier alpha value is -1.90. The maximum absolute atomic E-state index is 12.5. The Morgan fingerprint density at radius 1 is 1.30 bits per heavy atom. The number of nitrogens with zero attached hydrogens (tertiary/aromatic N) is 2. The number of piperidine rings is 1. The molecule has 1 heterocycles.